The van der Waals surface area contributed by atoms with Crippen LogP contribution in [0, 0.1) is 6.92 Å². The lowest BCUT2D eigenvalue weighted by molar-refractivity contribution is -0.153. The zero-order chi connectivity index (χ0) is 10.7. The summed E-state index contributed by atoms with van der Waals surface area (Å²) in [4.78, 5) is 11.2. The van der Waals surface area contributed by atoms with Crippen LogP contribution in [-0.4, -0.2) is 27.5 Å². The van der Waals surface area contributed by atoms with Gasteiger partial charge < -0.3 is 9.84 Å². The third-order valence-electron chi connectivity index (χ3n) is 1.86. The minimum Gasteiger partial charge on any atom is -0.464 e. The van der Waals surface area contributed by atoms with Crippen LogP contribution in [0.4, 0.5) is 0 Å². The highest BCUT2D eigenvalue weighted by molar-refractivity contribution is 5.76. The van der Waals surface area contributed by atoms with E-state index in [1.54, 1.807) is 31.8 Å². The molecule has 0 aliphatic carbocycles. The maximum atomic E-state index is 11.2. The van der Waals surface area contributed by atoms with Gasteiger partial charge >= 0.3 is 5.97 Å². The van der Waals surface area contributed by atoms with Crippen LogP contribution in [0.3, 0.4) is 0 Å². The second-order valence-corrected chi connectivity index (χ2v) is 3.00. The van der Waals surface area contributed by atoms with E-state index in [2.05, 4.69) is 5.10 Å². The zero-order valence-electron chi connectivity index (χ0n) is 8.52. The van der Waals surface area contributed by atoms with E-state index in [4.69, 9.17) is 4.74 Å². The van der Waals surface area contributed by atoms with Crippen LogP contribution in [0.2, 0.25) is 0 Å². The summed E-state index contributed by atoms with van der Waals surface area (Å²) in [6.45, 7) is 3.69. The smallest absolute Gasteiger partial charge is 0.339 e. The van der Waals surface area contributed by atoms with Crippen molar-refractivity contribution >= 4 is 5.97 Å². The van der Waals surface area contributed by atoms with E-state index in [0.29, 0.717) is 11.3 Å². The normalized spacial score (nSPS) is 12.6. The second-order valence-electron chi connectivity index (χ2n) is 3.00. The predicted octanol–water partition coefficient (Wildman–Crippen LogP) is 0.325. The van der Waals surface area contributed by atoms with Crippen LogP contribution in [0.1, 0.15) is 24.3 Å². The molecule has 1 atom stereocenters. The Hall–Kier alpha value is -1.36. The molecule has 0 saturated carbocycles. The number of hydrogen-bond acceptors (Lipinski definition) is 4. The molecule has 78 valence electrons. The topological polar surface area (TPSA) is 64.3 Å². The SMILES string of the molecule is CCOC(=O)C(O)c1cn(C)nc1C. The molecular formula is C9H14N2O3. The van der Waals surface area contributed by atoms with Crippen LogP contribution in [0.25, 0.3) is 0 Å². The number of rotatable bonds is 3. The Morgan fingerprint density at radius 2 is 2.43 bits per heavy atom. The molecule has 0 aliphatic rings. The third kappa shape index (κ3) is 2.11. The zero-order valence-corrected chi connectivity index (χ0v) is 8.52. The molecule has 14 heavy (non-hydrogen) atoms. The van der Waals surface area contributed by atoms with Crippen molar-refractivity contribution in [2.75, 3.05) is 6.61 Å². The largest absolute Gasteiger partial charge is 0.464 e. The van der Waals surface area contributed by atoms with E-state index >= 15 is 0 Å². The van der Waals surface area contributed by atoms with Crippen molar-refractivity contribution in [1.29, 1.82) is 0 Å². The Bertz CT molecular complexity index is 333. The van der Waals surface area contributed by atoms with Crippen molar-refractivity contribution in [2.45, 2.75) is 20.0 Å². The van der Waals surface area contributed by atoms with E-state index in [0.717, 1.165) is 0 Å². The van der Waals surface area contributed by atoms with Gasteiger partial charge in [0.25, 0.3) is 0 Å². The van der Waals surface area contributed by atoms with Crippen LogP contribution < -0.4 is 0 Å². The molecule has 1 unspecified atom stereocenters. The molecule has 0 radical (unpaired) electrons. The van der Waals surface area contributed by atoms with Crippen LogP contribution >= 0.6 is 0 Å². The summed E-state index contributed by atoms with van der Waals surface area (Å²) >= 11 is 0. The number of aryl methyl sites for hydroxylation is 2. The summed E-state index contributed by atoms with van der Waals surface area (Å²) in [6.07, 6.45) is 0.375. The highest BCUT2D eigenvalue weighted by atomic mass is 16.5. The highest BCUT2D eigenvalue weighted by Crippen LogP contribution is 2.17. The third-order valence-corrected chi connectivity index (χ3v) is 1.86. The van der Waals surface area contributed by atoms with Crippen LogP contribution in [0.5, 0.6) is 0 Å². The molecule has 0 aliphatic heterocycles. The lowest BCUT2D eigenvalue weighted by Gasteiger charge is -2.07. The lowest BCUT2D eigenvalue weighted by atomic mass is 10.1. The number of aliphatic hydroxyl groups excluding tert-OH is 1. The molecule has 1 aromatic heterocycles. The first-order chi connectivity index (χ1) is 6.56. The first-order valence-corrected chi connectivity index (χ1v) is 4.41. The molecule has 1 aromatic rings. The standard InChI is InChI=1S/C9H14N2O3/c1-4-14-9(13)8(12)7-5-11(3)10-6(7)2/h5,8,12H,4H2,1-3H3. The Kier molecular flexibility index (Phi) is 3.24. The Morgan fingerprint density at radius 3 is 2.86 bits per heavy atom. The Labute approximate surface area is 82.3 Å². The summed E-state index contributed by atoms with van der Waals surface area (Å²) in [6, 6.07) is 0. The first kappa shape index (κ1) is 10.7. The van der Waals surface area contributed by atoms with Gasteiger partial charge in [0.1, 0.15) is 0 Å². The molecule has 1 heterocycles. The van der Waals surface area contributed by atoms with Gasteiger partial charge in [-0.15, -0.1) is 0 Å². The lowest BCUT2D eigenvalue weighted by Crippen LogP contribution is -2.15. The number of carbonyl (C=O) groups is 1. The van der Waals surface area contributed by atoms with Gasteiger partial charge in [0.2, 0.25) is 0 Å². The van der Waals surface area contributed by atoms with Gasteiger partial charge in [-0.25, -0.2) is 4.79 Å². The minimum atomic E-state index is -1.23. The molecule has 5 heteroatoms. The molecule has 5 nitrogen and oxygen atoms in total. The average Bonchev–Trinajstić information content (AvgIpc) is 2.44. The summed E-state index contributed by atoms with van der Waals surface area (Å²) in [5.74, 6) is -0.636. The van der Waals surface area contributed by atoms with E-state index in [-0.39, 0.29) is 6.61 Å². The maximum Gasteiger partial charge on any atom is 0.339 e. The van der Waals surface area contributed by atoms with Gasteiger partial charge in [0.05, 0.1) is 12.3 Å². The van der Waals surface area contributed by atoms with E-state index < -0.39 is 12.1 Å². The quantitative estimate of drug-likeness (QED) is 0.710. The molecule has 0 fully saturated rings. The van der Waals surface area contributed by atoms with Gasteiger partial charge in [0, 0.05) is 18.8 Å². The molecule has 1 rings (SSSR count). The fourth-order valence-corrected chi connectivity index (χ4v) is 1.23. The number of carbonyl (C=O) groups excluding carboxylic acids is 1. The number of nitrogens with zero attached hydrogens (tertiary/aromatic N) is 2. The number of hydrogen-bond donors (Lipinski definition) is 1. The van der Waals surface area contributed by atoms with Crippen molar-refractivity contribution in [3.05, 3.63) is 17.5 Å². The summed E-state index contributed by atoms with van der Waals surface area (Å²) in [5.41, 5.74) is 1.12. The average molecular weight is 198 g/mol. The molecule has 0 bridgehead atoms. The van der Waals surface area contributed by atoms with Gasteiger partial charge in [-0.2, -0.15) is 5.10 Å². The molecule has 0 spiro atoms. The summed E-state index contributed by atoms with van der Waals surface area (Å²) in [5, 5.41) is 13.6. The van der Waals surface area contributed by atoms with Crippen molar-refractivity contribution in [1.82, 2.24) is 9.78 Å². The molecule has 0 aromatic carbocycles. The maximum absolute atomic E-state index is 11.2. The van der Waals surface area contributed by atoms with Crippen molar-refractivity contribution in [2.24, 2.45) is 7.05 Å². The highest BCUT2D eigenvalue weighted by Gasteiger charge is 2.22. The van der Waals surface area contributed by atoms with Gasteiger partial charge in [-0.05, 0) is 13.8 Å². The molecule has 0 amide bonds. The molecule has 0 saturated heterocycles. The van der Waals surface area contributed by atoms with Gasteiger partial charge in [-0.3, -0.25) is 4.68 Å². The number of aromatic nitrogens is 2. The monoisotopic (exact) mass is 198 g/mol. The fourth-order valence-electron chi connectivity index (χ4n) is 1.23. The van der Waals surface area contributed by atoms with E-state index in [1.165, 1.54) is 0 Å². The van der Waals surface area contributed by atoms with Gasteiger partial charge in [-0.1, -0.05) is 0 Å². The van der Waals surface area contributed by atoms with E-state index in [9.17, 15) is 9.90 Å². The Morgan fingerprint density at radius 1 is 1.79 bits per heavy atom. The summed E-state index contributed by atoms with van der Waals surface area (Å²) < 4.78 is 6.25. The molecule has 1 N–H and O–H groups in total. The van der Waals surface area contributed by atoms with Crippen LogP contribution in [0.15, 0.2) is 6.20 Å². The second kappa shape index (κ2) is 4.23. The molecular weight excluding hydrogens is 184 g/mol. The van der Waals surface area contributed by atoms with E-state index in [1.807, 2.05) is 0 Å². The minimum absolute atomic E-state index is 0.259. The first-order valence-electron chi connectivity index (χ1n) is 4.41. The number of esters is 1. The Balaban J connectivity index is 2.83. The summed E-state index contributed by atoms with van der Waals surface area (Å²) in [7, 11) is 1.73. The number of ether oxygens (including phenoxy) is 1. The van der Waals surface area contributed by atoms with Crippen molar-refractivity contribution in [3.8, 4) is 0 Å². The fraction of sp³-hybridized carbons (Fsp3) is 0.556. The van der Waals surface area contributed by atoms with Crippen molar-refractivity contribution < 1.29 is 14.6 Å². The number of aliphatic hydroxyl groups is 1. The van der Waals surface area contributed by atoms with Crippen LogP contribution in [-0.2, 0) is 16.6 Å². The van der Waals surface area contributed by atoms with Crippen molar-refractivity contribution in [3.63, 3.8) is 0 Å². The predicted molar refractivity (Wildman–Crippen MR) is 49.5 cm³/mol. The van der Waals surface area contributed by atoms with Gasteiger partial charge in [0.15, 0.2) is 6.10 Å².